The smallest absolute Gasteiger partial charge is 0.158 e. The summed E-state index contributed by atoms with van der Waals surface area (Å²) in [6, 6.07) is 3.13. The van der Waals surface area contributed by atoms with E-state index >= 15 is 0 Å². The van der Waals surface area contributed by atoms with E-state index in [2.05, 4.69) is 0 Å². The largest absolute Gasteiger partial charge is 0.460 e. The summed E-state index contributed by atoms with van der Waals surface area (Å²) < 4.78 is 32.5. The van der Waals surface area contributed by atoms with E-state index in [0.29, 0.717) is 12.8 Å². The molecule has 1 aromatic heterocycles. The molecule has 0 aliphatic carbocycles. The van der Waals surface area contributed by atoms with E-state index in [-0.39, 0.29) is 11.5 Å². The first-order valence-electron chi connectivity index (χ1n) is 6.56. The van der Waals surface area contributed by atoms with E-state index in [1.165, 1.54) is 0 Å². The number of unbranched alkanes of at least 4 members (excludes halogenated alkanes) is 2. The molecule has 0 aromatic carbocycles. The highest BCUT2D eigenvalue weighted by atomic mass is 19.1. The second kappa shape index (κ2) is 7.46. The molecule has 0 amide bonds. The predicted molar refractivity (Wildman–Crippen MR) is 65.5 cm³/mol. The van der Waals surface area contributed by atoms with Gasteiger partial charge in [0.25, 0.3) is 0 Å². The van der Waals surface area contributed by atoms with Gasteiger partial charge in [-0.2, -0.15) is 0 Å². The average molecular weight is 244 g/mol. The summed E-state index contributed by atoms with van der Waals surface area (Å²) in [6.45, 7) is 4.03. The quantitative estimate of drug-likeness (QED) is 0.573. The van der Waals surface area contributed by atoms with Gasteiger partial charge in [-0.25, -0.2) is 8.78 Å². The molecular weight excluding hydrogens is 222 g/mol. The van der Waals surface area contributed by atoms with E-state index < -0.39 is 12.3 Å². The lowest BCUT2D eigenvalue weighted by Crippen LogP contribution is -1.91. The van der Waals surface area contributed by atoms with E-state index in [0.717, 1.165) is 25.7 Å². The molecule has 0 saturated carbocycles. The van der Waals surface area contributed by atoms with Crippen LogP contribution in [-0.2, 0) is 0 Å². The third kappa shape index (κ3) is 4.49. The maximum absolute atomic E-state index is 13.6. The zero-order valence-corrected chi connectivity index (χ0v) is 10.7. The van der Waals surface area contributed by atoms with Crippen LogP contribution < -0.4 is 0 Å². The van der Waals surface area contributed by atoms with Crippen LogP contribution in [0.1, 0.15) is 76.2 Å². The summed E-state index contributed by atoms with van der Waals surface area (Å²) in [7, 11) is 0. The van der Waals surface area contributed by atoms with Crippen molar-refractivity contribution in [2.75, 3.05) is 0 Å². The first kappa shape index (κ1) is 14.2. The Morgan fingerprint density at radius 1 is 0.941 bits per heavy atom. The highest BCUT2D eigenvalue weighted by Crippen LogP contribution is 2.30. The van der Waals surface area contributed by atoms with Gasteiger partial charge >= 0.3 is 0 Å². The Morgan fingerprint density at radius 2 is 1.35 bits per heavy atom. The summed E-state index contributed by atoms with van der Waals surface area (Å²) in [5, 5.41) is 0. The zero-order valence-electron chi connectivity index (χ0n) is 10.7. The second-order valence-corrected chi connectivity index (χ2v) is 4.46. The highest BCUT2D eigenvalue weighted by Gasteiger charge is 2.18. The van der Waals surface area contributed by atoms with Crippen molar-refractivity contribution in [3.8, 4) is 0 Å². The molecule has 0 bridgehead atoms. The molecule has 1 nitrogen and oxygen atoms in total. The Morgan fingerprint density at radius 3 is 1.71 bits per heavy atom. The topological polar surface area (TPSA) is 13.1 Å². The van der Waals surface area contributed by atoms with Gasteiger partial charge in [0.05, 0.1) is 0 Å². The summed E-state index contributed by atoms with van der Waals surface area (Å²) in [5.41, 5.74) is 0. The molecule has 98 valence electrons. The summed E-state index contributed by atoms with van der Waals surface area (Å²) in [4.78, 5) is 0. The van der Waals surface area contributed by atoms with Crippen LogP contribution in [-0.4, -0.2) is 0 Å². The van der Waals surface area contributed by atoms with Gasteiger partial charge in [0.15, 0.2) is 12.3 Å². The molecule has 0 aliphatic heterocycles. The lowest BCUT2D eigenvalue weighted by molar-refractivity contribution is 0.224. The Labute approximate surface area is 102 Å². The molecule has 3 heteroatoms. The molecule has 0 spiro atoms. The first-order valence-corrected chi connectivity index (χ1v) is 6.56. The number of halogens is 2. The molecule has 2 unspecified atom stereocenters. The van der Waals surface area contributed by atoms with Crippen molar-refractivity contribution in [2.45, 2.75) is 64.7 Å². The minimum atomic E-state index is -1.10. The number of furan rings is 1. The van der Waals surface area contributed by atoms with Crippen molar-refractivity contribution in [1.82, 2.24) is 0 Å². The zero-order chi connectivity index (χ0) is 12.7. The van der Waals surface area contributed by atoms with Crippen LogP contribution in [0.15, 0.2) is 16.5 Å². The third-order valence-corrected chi connectivity index (χ3v) is 2.89. The van der Waals surface area contributed by atoms with E-state index in [1.807, 2.05) is 13.8 Å². The minimum absolute atomic E-state index is 0.271. The normalized spacial score (nSPS) is 14.8. The lowest BCUT2D eigenvalue weighted by atomic mass is 10.1. The molecule has 1 aromatic rings. The first-order chi connectivity index (χ1) is 8.19. The fourth-order valence-corrected chi connectivity index (χ4v) is 1.76. The van der Waals surface area contributed by atoms with Crippen molar-refractivity contribution >= 4 is 0 Å². The van der Waals surface area contributed by atoms with Crippen molar-refractivity contribution in [3.05, 3.63) is 23.7 Å². The third-order valence-electron chi connectivity index (χ3n) is 2.89. The van der Waals surface area contributed by atoms with Gasteiger partial charge in [0.2, 0.25) is 0 Å². The fourth-order valence-electron chi connectivity index (χ4n) is 1.76. The van der Waals surface area contributed by atoms with Crippen LogP contribution in [0.4, 0.5) is 8.78 Å². The van der Waals surface area contributed by atoms with Gasteiger partial charge < -0.3 is 4.42 Å². The summed E-state index contributed by atoms with van der Waals surface area (Å²) >= 11 is 0. The molecule has 0 aliphatic rings. The maximum Gasteiger partial charge on any atom is 0.158 e. The van der Waals surface area contributed by atoms with Crippen LogP contribution in [0.25, 0.3) is 0 Å². The molecule has 0 radical (unpaired) electrons. The van der Waals surface area contributed by atoms with Crippen molar-refractivity contribution < 1.29 is 13.2 Å². The van der Waals surface area contributed by atoms with E-state index in [4.69, 9.17) is 4.42 Å². The number of hydrogen-bond acceptors (Lipinski definition) is 1. The van der Waals surface area contributed by atoms with E-state index in [1.54, 1.807) is 12.1 Å². The fraction of sp³-hybridized carbons (Fsp3) is 0.714. The molecule has 17 heavy (non-hydrogen) atoms. The lowest BCUT2D eigenvalue weighted by Gasteiger charge is -2.05. The monoisotopic (exact) mass is 244 g/mol. The van der Waals surface area contributed by atoms with Gasteiger partial charge in [0.1, 0.15) is 11.5 Å². The summed E-state index contributed by atoms with van der Waals surface area (Å²) in [5.74, 6) is 0.542. The predicted octanol–water partition coefficient (Wildman–Crippen LogP) is 5.68. The number of rotatable bonds is 8. The van der Waals surface area contributed by atoms with E-state index in [9.17, 15) is 8.78 Å². The maximum atomic E-state index is 13.6. The standard InChI is InChI=1S/C14H22F2O/c1-3-5-7-11(15)13-9-10-14(17-13)12(16)8-6-4-2/h9-12H,3-8H2,1-2H3. The van der Waals surface area contributed by atoms with Gasteiger partial charge in [0, 0.05) is 0 Å². The average Bonchev–Trinajstić information content (AvgIpc) is 2.82. The molecule has 2 atom stereocenters. The van der Waals surface area contributed by atoms with Crippen molar-refractivity contribution in [2.24, 2.45) is 0 Å². The van der Waals surface area contributed by atoms with Gasteiger partial charge in [-0.3, -0.25) is 0 Å². The molecular formula is C14H22F2O. The highest BCUT2D eigenvalue weighted by molar-refractivity contribution is 5.11. The van der Waals surface area contributed by atoms with Crippen LogP contribution >= 0.6 is 0 Å². The van der Waals surface area contributed by atoms with Crippen molar-refractivity contribution in [1.29, 1.82) is 0 Å². The Kier molecular flexibility index (Phi) is 6.23. The number of alkyl halides is 2. The van der Waals surface area contributed by atoms with Crippen molar-refractivity contribution in [3.63, 3.8) is 0 Å². The van der Waals surface area contributed by atoms with Gasteiger partial charge in [-0.1, -0.05) is 39.5 Å². The van der Waals surface area contributed by atoms with Crippen LogP contribution in [0, 0.1) is 0 Å². The SMILES string of the molecule is CCCCC(F)c1ccc(C(F)CCCC)o1. The molecule has 0 N–H and O–H groups in total. The Bertz CT molecular complexity index is 280. The molecule has 0 saturated heterocycles. The Balaban J connectivity index is 2.51. The van der Waals surface area contributed by atoms with Crippen LogP contribution in [0.3, 0.4) is 0 Å². The minimum Gasteiger partial charge on any atom is -0.460 e. The molecule has 1 heterocycles. The summed E-state index contributed by atoms with van der Waals surface area (Å²) in [6.07, 6.45) is 2.28. The molecule has 1 rings (SSSR count). The second-order valence-electron chi connectivity index (χ2n) is 4.46. The van der Waals surface area contributed by atoms with Gasteiger partial charge in [-0.05, 0) is 25.0 Å². The molecule has 0 fully saturated rings. The Hall–Kier alpha value is -0.860. The van der Waals surface area contributed by atoms with Gasteiger partial charge in [-0.15, -0.1) is 0 Å². The van der Waals surface area contributed by atoms with Crippen LogP contribution in [0.2, 0.25) is 0 Å². The van der Waals surface area contributed by atoms with Crippen LogP contribution in [0.5, 0.6) is 0 Å². The number of hydrogen-bond donors (Lipinski definition) is 0.